The fourth-order valence-corrected chi connectivity index (χ4v) is 2.16. The summed E-state index contributed by atoms with van der Waals surface area (Å²) in [7, 11) is 0. The molecule has 0 saturated heterocycles. The van der Waals surface area contributed by atoms with Gasteiger partial charge in [0.25, 0.3) is 0 Å². The Labute approximate surface area is 136 Å². The third kappa shape index (κ3) is 4.46. The van der Waals surface area contributed by atoms with Gasteiger partial charge < -0.3 is 10.6 Å². The first kappa shape index (κ1) is 17.3. The highest BCUT2D eigenvalue weighted by Crippen LogP contribution is 2.20. The molecule has 0 heterocycles. The average Bonchev–Trinajstić information content (AvgIpc) is 2.53. The first-order chi connectivity index (χ1) is 10.9. The Morgan fingerprint density at radius 3 is 2.61 bits per heavy atom. The van der Waals surface area contributed by atoms with Crippen molar-refractivity contribution < 1.29 is 18.0 Å². The molecule has 0 aromatic heterocycles. The molecule has 1 atom stereocenters. The molecule has 7 heteroatoms. The molecule has 122 valence electrons. The topological polar surface area (TPSA) is 41.1 Å². The second-order valence-electron chi connectivity index (χ2n) is 4.93. The number of hydrogen-bond acceptors (Lipinski definition) is 2. The number of amides is 1. The molecule has 0 fully saturated rings. The molecule has 0 spiro atoms. The van der Waals surface area contributed by atoms with Gasteiger partial charge in [-0.05, 0) is 36.8 Å². The highest BCUT2D eigenvalue weighted by Gasteiger charge is 2.15. The van der Waals surface area contributed by atoms with E-state index >= 15 is 0 Å². The van der Waals surface area contributed by atoms with Gasteiger partial charge in [0.05, 0.1) is 12.2 Å². The lowest BCUT2D eigenvalue weighted by atomic mass is 10.1. The molecule has 2 rings (SSSR count). The van der Waals surface area contributed by atoms with Crippen LogP contribution >= 0.6 is 11.6 Å². The Balaban J connectivity index is 1.94. The minimum Gasteiger partial charge on any atom is -0.322 e. The van der Waals surface area contributed by atoms with Gasteiger partial charge in [-0.25, -0.2) is 13.2 Å². The van der Waals surface area contributed by atoms with Crippen LogP contribution in [0.15, 0.2) is 36.4 Å². The lowest BCUT2D eigenvalue weighted by Crippen LogP contribution is -2.30. The van der Waals surface area contributed by atoms with Crippen LogP contribution in [0, 0.1) is 17.5 Å². The van der Waals surface area contributed by atoms with Crippen molar-refractivity contribution in [1.82, 2.24) is 5.32 Å². The quantitative estimate of drug-likeness (QED) is 0.805. The number of carbonyl (C=O) groups excluding carboxylic acids is 1. The number of carbonyl (C=O) groups is 1. The van der Waals surface area contributed by atoms with Crippen LogP contribution in [0.3, 0.4) is 0 Å². The van der Waals surface area contributed by atoms with Gasteiger partial charge in [0.15, 0.2) is 17.5 Å². The van der Waals surface area contributed by atoms with Crippen LogP contribution < -0.4 is 10.6 Å². The standard InChI is InChI=1S/C16H14ClF3N2O/c1-9(10-3-2-4-11(17)7-10)21-8-14(23)22-13-6-5-12(18)15(19)16(13)20/h2-7,9,21H,8H2,1H3,(H,22,23)/t9-/m1/s1. The van der Waals surface area contributed by atoms with Crippen LogP contribution in [0.25, 0.3) is 0 Å². The lowest BCUT2D eigenvalue weighted by Gasteiger charge is -2.14. The molecule has 0 aliphatic rings. The Bertz CT molecular complexity index is 724. The van der Waals surface area contributed by atoms with Crippen molar-refractivity contribution in [2.24, 2.45) is 0 Å². The van der Waals surface area contributed by atoms with E-state index in [1.54, 1.807) is 18.2 Å². The first-order valence-electron chi connectivity index (χ1n) is 6.80. The van der Waals surface area contributed by atoms with E-state index < -0.39 is 29.0 Å². The predicted molar refractivity (Wildman–Crippen MR) is 82.8 cm³/mol. The normalized spacial score (nSPS) is 12.0. The van der Waals surface area contributed by atoms with Crippen molar-refractivity contribution in [3.05, 3.63) is 64.4 Å². The van der Waals surface area contributed by atoms with Gasteiger partial charge in [0, 0.05) is 11.1 Å². The van der Waals surface area contributed by atoms with Crippen LogP contribution in [-0.4, -0.2) is 12.5 Å². The molecule has 0 saturated carbocycles. The largest absolute Gasteiger partial charge is 0.322 e. The van der Waals surface area contributed by atoms with E-state index in [9.17, 15) is 18.0 Å². The second kappa shape index (κ2) is 7.48. The summed E-state index contributed by atoms with van der Waals surface area (Å²) < 4.78 is 39.4. The third-order valence-corrected chi connectivity index (χ3v) is 3.46. The number of anilines is 1. The minimum absolute atomic E-state index is 0.133. The van der Waals surface area contributed by atoms with Gasteiger partial charge in [-0.1, -0.05) is 23.7 Å². The third-order valence-electron chi connectivity index (χ3n) is 3.23. The van der Waals surface area contributed by atoms with Gasteiger partial charge in [-0.3, -0.25) is 4.79 Å². The zero-order valence-corrected chi connectivity index (χ0v) is 12.9. The van der Waals surface area contributed by atoms with Crippen molar-refractivity contribution in [1.29, 1.82) is 0 Å². The molecular weight excluding hydrogens is 329 g/mol. The number of benzene rings is 2. The van der Waals surface area contributed by atoms with E-state index in [1.807, 2.05) is 13.0 Å². The van der Waals surface area contributed by atoms with Crippen molar-refractivity contribution in [2.45, 2.75) is 13.0 Å². The molecule has 0 aliphatic heterocycles. The monoisotopic (exact) mass is 342 g/mol. The van der Waals surface area contributed by atoms with Crippen LogP contribution in [0.1, 0.15) is 18.5 Å². The van der Waals surface area contributed by atoms with Gasteiger partial charge in [0.1, 0.15) is 0 Å². The molecule has 0 unspecified atom stereocenters. The molecular formula is C16H14ClF3N2O. The number of nitrogens with one attached hydrogen (secondary N) is 2. The Hall–Kier alpha value is -2.05. The maximum atomic E-state index is 13.5. The smallest absolute Gasteiger partial charge is 0.238 e. The molecule has 23 heavy (non-hydrogen) atoms. The molecule has 0 bridgehead atoms. The lowest BCUT2D eigenvalue weighted by molar-refractivity contribution is -0.115. The zero-order valence-electron chi connectivity index (χ0n) is 12.2. The maximum absolute atomic E-state index is 13.5. The highest BCUT2D eigenvalue weighted by molar-refractivity contribution is 6.30. The molecule has 3 nitrogen and oxygen atoms in total. The summed E-state index contributed by atoms with van der Waals surface area (Å²) in [4.78, 5) is 11.8. The van der Waals surface area contributed by atoms with Crippen LogP contribution in [0.4, 0.5) is 18.9 Å². The molecule has 2 aromatic carbocycles. The predicted octanol–water partition coefficient (Wildman–Crippen LogP) is 4.05. The van der Waals surface area contributed by atoms with Crippen molar-refractivity contribution in [3.63, 3.8) is 0 Å². The summed E-state index contributed by atoms with van der Waals surface area (Å²) in [5, 5.41) is 5.69. The average molecular weight is 343 g/mol. The van der Waals surface area contributed by atoms with Crippen LogP contribution in [0.2, 0.25) is 5.02 Å². The van der Waals surface area contributed by atoms with Crippen molar-refractivity contribution in [2.75, 3.05) is 11.9 Å². The van der Waals surface area contributed by atoms with Crippen LogP contribution in [-0.2, 0) is 4.79 Å². The Kier molecular flexibility index (Phi) is 5.63. The summed E-state index contributed by atoms with van der Waals surface area (Å²) in [6.45, 7) is 1.70. The van der Waals surface area contributed by atoms with Gasteiger partial charge in [-0.15, -0.1) is 0 Å². The fourth-order valence-electron chi connectivity index (χ4n) is 1.96. The number of hydrogen-bond donors (Lipinski definition) is 2. The highest BCUT2D eigenvalue weighted by atomic mass is 35.5. The Morgan fingerprint density at radius 2 is 1.91 bits per heavy atom. The van der Waals surface area contributed by atoms with E-state index in [1.165, 1.54) is 0 Å². The summed E-state index contributed by atoms with van der Waals surface area (Å²) in [5.74, 6) is -4.94. The number of halogens is 4. The van der Waals surface area contributed by atoms with E-state index in [2.05, 4.69) is 10.6 Å². The minimum atomic E-state index is -1.62. The maximum Gasteiger partial charge on any atom is 0.238 e. The van der Waals surface area contributed by atoms with E-state index in [0.29, 0.717) is 5.02 Å². The van der Waals surface area contributed by atoms with E-state index in [4.69, 9.17) is 11.6 Å². The summed E-state index contributed by atoms with van der Waals surface area (Å²) in [5.41, 5.74) is 0.468. The molecule has 2 aromatic rings. The summed E-state index contributed by atoms with van der Waals surface area (Å²) in [6, 6.07) is 8.66. The first-order valence-corrected chi connectivity index (χ1v) is 7.18. The molecule has 0 radical (unpaired) electrons. The SMILES string of the molecule is C[C@@H](NCC(=O)Nc1ccc(F)c(F)c1F)c1cccc(Cl)c1. The van der Waals surface area contributed by atoms with E-state index in [0.717, 1.165) is 17.7 Å². The summed E-state index contributed by atoms with van der Waals surface area (Å²) in [6.07, 6.45) is 0. The Morgan fingerprint density at radius 1 is 1.17 bits per heavy atom. The molecule has 0 aliphatic carbocycles. The molecule has 1 amide bonds. The van der Waals surface area contributed by atoms with Gasteiger partial charge >= 0.3 is 0 Å². The molecule has 2 N–H and O–H groups in total. The van der Waals surface area contributed by atoms with Crippen molar-refractivity contribution in [3.8, 4) is 0 Å². The van der Waals surface area contributed by atoms with E-state index in [-0.39, 0.29) is 12.6 Å². The summed E-state index contributed by atoms with van der Waals surface area (Å²) >= 11 is 5.89. The van der Waals surface area contributed by atoms with Gasteiger partial charge in [-0.2, -0.15) is 0 Å². The number of rotatable bonds is 5. The van der Waals surface area contributed by atoms with Crippen LogP contribution in [0.5, 0.6) is 0 Å². The fraction of sp³-hybridized carbons (Fsp3) is 0.188. The van der Waals surface area contributed by atoms with Crippen molar-refractivity contribution >= 4 is 23.2 Å². The zero-order chi connectivity index (χ0) is 17.0. The second-order valence-corrected chi connectivity index (χ2v) is 5.37. The van der Waals surface area contributed by atoms with Gasteiger partial charge in [0.2, 0.25) is 5.91 Å².